The predicted molar refractivity (Wildman–Crippen MR) is 153 cm³/mol. The molecule has 2 saturated heterocycles. The van der Waals surface area contributed by atoms with Crippen molar-refractivity contribution in [3.8, 4) is 11.5 Å². The van der Waals surface area contributed by atoms with Gasteiger partial charge in [0.05, 0.1) is 29.7 Å². The molecule has 4 amide bonds. The molecule has 0 unspecified atom stereocenters. The van der Waals surface area contributed by atoms with Crippen LogP contribution in [0.4, 0.5) is 10.5 Å². The number of hydrogen-bond donors (Lipinski definition) is 1. The van der Waals surface area contributed by atoms with E-state index in [1.54, 1.807) is 36.1 Å². The number of aryl methyl sites for hydroxylation is 1. The van der Waals surface area contributed by atoms with Crippen LogP contribution in [0.5, 0.6) is 11.5 Å². The molecule has 2 aliphatic rings. The quantitative estimate of drug-likeness (QED) is 0.411. The molecule has 0 saturated carbocycles. The number of carbonyl (C=O) groups excluding carboxylic acids is 4. The van der Waals surface area contributed by atoms with Crippen LogP contribution in [0.3, 0.4) is 0 Å². The third-order valence-corrected chi connectivity index (χ3v) is 7.56. The molecule has 0 aromatic heterocycles. The number of imide groups is 1. The van der Waals surface area contributed by atoms with Crippen LogP contribution in [-0.2, 0) is 19.1 Å². The molecule has 1 N–H and O–H groups in total. The Bertz CT molecular complexity index is 1360. The van der Waals surface area contributed by atoms with E-state index < -0.39 is 17.1 Å². The SMILES string of the molecule is CCOc1cc(/C=C2\SC(=O)N(CC(=O)N3CCOCC3)C2=O)cc(Cl)c1OCC(=O)Nc1ccc(C)c(Cl)c1. The molecule has 0 radical (unpaired) electrons. The Balaban J connectivity index is 1.45. The van der Waals surface area contributed by atoms with E-state index in [-0.39, 0.29) is 47.1 Å². The van der Waals surface area contributed by atoms with Gasteiger partial charge in [-0.2, -0.15) is 0 Å². The van der Waals surface area contributed by atoms with Gasteiger partial charge in [-0.05, 0) is 67.1 Å². The number of nitrogens with one attached hydrogen (secondary N) is 1. The Morgan fingerprint density at radius 3 is 2.55 bits per heavy atom. The van der Waals surface area contributed by atoms with Gasteiger partial charge < -0.3 is 24.4 Å². The molecular formula is C27H27Cl2N3O7S. The van der Waals surface area contributed by atoms with Crippen molar-refractivity contribution in [2.75, 3.05) is 51.4 Å². The van der Waals surface area contributed by atoms with Crippen molar-refractivity contribution in [3.63, 3.8) is 0 Å². The number of rotatable bonds is 9. The fourth-order valence-electron chi connectivity index (χ4n) is 3.92. The maximum absolute atomic E-state index is 12.9. The van der Waals surface area contributed by atoms with Gasteiger partial charge in [0.25, 0.3) is 17.1 Å². The normalized spacial score (nSPS) is 16.4. The first-order valence-corrected chi connectivity index (χ1v) is 14.0. The van der Waals surface area contributed by atoms with Crippen LogP contribution < -0.4 is 14.8 Å². The average Bonchev–Trinajstić information content (AvgIpc) is 3.18. The van der Waals surface area contributed by atoms with Gasteiger partial charge in [-0.15, -0.1) is 0 Å². The Kier molecular flexibility index (Phi) is 9.96. The topological polar surface area (TPSA) is 114 Å². The molecule has 10 nitrogen and oxygen atoms in total. The lowest BCUT2D eigenvalue weighted by molar-refractivity contribution is -0.139. The maximum Gasteiger partial charge on any atom is 0.294 e. The van der Waals surface area contributed by atoms with Gasteiger partial charge >= 0.3 is 0 Å². The number of nitrogens with zero attached hydrogens (tertiary/aromatic N) is 2. The molecule has 0 bridgehead atoms. The molecule has 40 heavy (non-hydrogen) atoms. The molecule has 0 aliphatic carbocycles. The third kappa shape index (κ3) is 7.28. The number of carbonyl (C=O) groups is 4. The van der Waals surface area contributed by atoms with Crippen molar-refractivity contribution in [3.05, 3.63) is 56.4 Å². The minimum atomic E-state index is -0.570. The van der Waals surface area contributed by atoms with Gasteiger partial charge in [-0.1, -0.05) is 29.3 Å². The van der Waals surface area contributed by atoms with Crippen molar-refractivity contribution < 1.29 is 33.4 Å². The van der Waals surface area contributed by atoms with Crippen molar-refractivity contribution >= 4 is 69.7 Å². The number of anilines is 1. The summed E-state index contributed by atoms with van der Waals surface area (Å²) in [5.74, 6) is -0.901. The molecule has 4 rings (SSSR count). The minimum Gasteiger partial charge on any atom is -0.490 e. The number of ether oxygens (including phenoxy) is 3. The van der Waals surface area contributed by atoms with Crippen LogP contribution in [0.15, 0.2) is 35.2 Å². The molecule has 2 heterocycles. The molecule has 2 aromatic rings. The van der Waals surface area contributed by atoms with Crippen LogP contribution in [-0.4, -0.2) is 78.8 Å². The maximum atomic E-state index is 12.9. The number of thioether (sulfide) groups is 1. The predicted octanol–water partition coefficient (Wildman–Crippen LogP) is 4.61. The van der Waals surface area contributed by atoms with Crippen LogP contribution >= 0.6 is 35.0 Å². The van der Waals surface area contributed by atoms with Crippen molar-refractivity contribution in [2.24, 2.45) is 0 Å². The van der Waals surface area contributed by atoms with Gasteiger partial charge in [0.1, 0.15) is 6.54 Å². The monoisotopic (exact) mass is 607 g/mol. The molecular weight excluding hydrogens is 581 g/mol. The molecule has 0 atom stereocenters. The van der Waals surface area contributed by atoms with E-state index in [1.165, 1.54) is 12.1 Å². The highest BCUT2D eigenvalue weighted by Gasteiger charge is 2.37. The molecule has 0 spiro atoms. The van der Waals surface area contributed by atoms with Crippen LogP contribution in [0.2, 0.25) is 10.0 Å². The second-order valence-electron chi connectivity index (χ2n) is 8.82. The second-order valence-corrected chi connectivity index (χ2v) is 10.6. The first-order chi connectivity index (χ1) is 19.2. The van der Waals surface area contributed by atoms with E-state index in [9.17, 15) is 19.2 Å². The summed E-state index contributed by atoms with van der Waals surface area (Å²) < 4.78 is 16.6. The smallest absolute Gasteiger partial charge is 0.294 e. The molecule has 13 heteroatoms. The summed E-state index contributed by atoms with van der Waals surface area (Å²) in [6, 6.07) is 8.28. The van der Waals surface area contributed by atoms with Crippen molar-refractivity contribution in [1.82, 2.24) is 9.80 Å². The van der Waals surface area contributed by atoms with Crippen molar-refractivity contribution in [1.29, 1.82) is 0 Å². The van der Waals surface area contributed by atoms with Gasteiger partial charge in [-0.3, -0.25) is 24.1 Å². The summed E-state index contributed by atoms with van der Waals surface area (Å²) in [4.78, 5) is 53.1. The molecule has 2 aliphatic heterocycles. The van der Waals surface area contributed by atoms with Gasteiger partial charge in [0.2, 0.25) is 5.91 Å². The van der Waals surface area contributed by atoms with Gasteiger partial charge in [0, 0.05) is 23.8 Å². The minimum absolute atomic E-state index is 0.142. The fourth-order valence-corrected chi connectivity index (χ4v) is 5.21. The highest BCUT2D eigenvalue weighted by atomic mass is 35.5. The van der Waals surface area contributed by atoms with Crippen LogP contribution in [0, 0.1) is 6.92 Å². The summed E-state index contributed by atoms with van der Waals surface area (Å²) in [5, 5.41) is 2.84. The lowest BCUT2D eigenvalue weighted by Gasteiger charge is -2.28. The largest absolute Gasteiger partial charge is 0.490 e. The van der Waals surface area contributed by atoms with E-state index >= 15 is 0 Å². The number of morpholine rings is 1. The van der Waals surface area contributed by atoms with E-state index in [4.69, 9.17) is 37.4 Å². The number of benzene rings is 2. The average molecular weight is 609 g/mol. The first-order valence-electron chi connectivity index (χ1n) is 12.4. The zero-order valence-corrected chi connectivity index (χ0v) is 24.2. The first kappa shape index (κ1) is 29.7. The number of halogens is 2. The van der Waals surface area contributed by atoms with Crippen LogP contribution in [0.1, 0.15) is 18.1 Å². The van der Waals surface area contributed by atoms with E-state index in [2.05, 4.69) is 5.32 Å². The summed E-state index contributed by atoms with van der Waals surface area (Å²) in [7, 11) is 0. The number of amides is 4. The fraction of sp³-hybridized carbons (Fsp3) is 0.333. The van der Waals surface area contributed by atoms with E-state index in [1.807, 2.05) is 6.92 Å². The third-order valence-electron chi connectivity index (χ3n) is 5.96. The van der Waals surface area contributed by atoms with Crippen molar-refractivity contribution in [2.45, 2.75) is 13.8 Å². The Morgan fingerprint density at radius 2 is 1.85 bits per heavy atom. The van der Waals surface area contributed by atoms with Gasteiger partial charge in [0.15, 0.2) is 18.1 Å². The summed E-state index contributed by atoms with van der Waals surface area (Å²) >= 11 is 13.3. The van der Waals surface area contributed by atoms with E-state index in [0.717, 1.165) is 22.2 Å². The Labute approximate surface area is 245 Å². The van der Waals surface area contributed by atoms with E-state index in [0.29, 0.717) is 42.6 Å². The highest BCUT2D eigenvalue weighted by molar-refractivity contribution is 8.18. The highest BCUT2D eigenvalue weighted by Crippen LogP contribution is 2.39. The second kappa shape index (κ2) is 13.4. The lowest BCUT2D eigenvalue weighted by atomic mass is 10.1. The summed E-state index contributed by atoms with van der Waals surface area (Å²) in [5.41, 5.74) is 1.89. The zero-order chi connectivity index (χ0) is 28.8. The van der Waals surface area contributed by atoms with Gasteiger partial charge in [-0.25, -0.2) is 0 Å². The molecule has 2 fully saturated rings. The Hall–Kier alpha value is -3.25. The summed E-state index contributed by atoms with van der Waals surface area (Å²) in [6.45, 7) is 4.90. The van der Waals surface area contributed by atoms with Crippen LogP contribution in [0.25, 0.3) is 6.08 Å². The lowest BCUT2D eigenvalue weighted by Crippen LogP contribution is -2.46. The number of hydrogen-bond acceptors (Lipinski definition) is 8. The zero-order valence-electron chi connectivity index (χ0n) is 21.8. The summed E-state index contributed by atoms with van der Waals surface area (Å²) in [6.07, 6.45) is 1.50. The standard InChI is InChI=1S/C27H27Cl2N3O7S/c1-3-38-21-11-17(10-20(29)25(21)39-15-23(33)30-18-5-4-16(2)19(28)13-18)12-22-26(35)32(27(36)40-22)14-24(34)31-6-8-37-9-7-31/h4-5,10-13H,3,6-9,14-15H2,1-2H3,(H,30,33)/b22-12-. The molecule has 212 valence electrons. The Morgan fingerprint density at radius 1 is 1.10 bits per heavy atom. The molecule has 2 aromatic carbocycles.